The van der Waals surface area contributed by atoms with Crippen LogP contribution in [0.4, 0.5) is 0 Å². The van der Waals surface area contributed by atoms with Gasteiger partial charge in [0, 0.05) is 16.6 Å². The molecule has 0 saturated heterocycles. The number of aromatic nitrogens is 4. The van der Waals surface area contributed by atoms with Gasteiger partial charge in [-0.1, -0.05) is 6.07 Å². The van der Waals surface area contributed by atoms with E-state index in [1.165, 1.54) is 0 Å². The van der Waals surface area contributed by atoms with E-state index >= 15 is 0 Å². The van der Waals surface area contributed by atoms with Crippen molar-refractivity contribution < 1.29 is 0 Å². The van der Waals surface area contributed by atoms with Crippen LogP contribution in [0, 0.1) is 0 Å². The largest absolute Gasteiger partial charge is 0.355 e. The van der Waals surface area contributed by atoms with Gasteiger partial charge in [-0.2, -0.15) is 0 Å². The first kappa shape index (κ1) is 13.1. The summed E-state index contributed by atoms with van der Waals surface area (Å²) in [5, 5.41) is 0. The zero-order chi connectivity index (χ0) is 15.9. The number of nitrogens with one attached hydrogen (secondary N) is 2. The minimum Gasteiger partial charge on any atom is -0.355 e. The van der Waals surface area contributed by atoms with Crippen LogP contribution in [0.3, 0.4) is 0 Å². The summed E-state index contributed by atoms with van der Waals surface area (Å²) in [4.78, 5) is 16.1. The van der Waals surface area contributed by atoms with E-state index in [-0.39, 0.29) is 0 Å². The van der Waals surface area contributed by atoms with Gasteiger partial charge in [0.05, 0.1) is 28.3 Å². The van der Waals surface area contributed by atoms with Crippen LogP contribution >= 0.6 is 0 Å². The molecule has 0 saturated carbocycles. The van der Waals surface area contributed by atoms with Gasteiger partial charge in [0.15, 0.2) is 0 Å². The summed E-state index contributed by atoms with van der Waals surface area (Å²) in [7, 11) is 0. The lowest BCUT2D eigenvalue weighted by Crippen LogP contribution is -1.82. The van der Waals surface area contributed by atoms with Gasteiger partial charge < -0.3 is 9.97 Å². The highest BCUT2D eigenvalue weighted by Gasteiger charge is 2.08. The van der Waals surface area contributed by atoms with E-state index in [4.69, 9.17) is 4.98 Å². The topological polar surface area (TPSA) is 57.4 Å². The molecular formula is C20H14N4. The van der Waals surface area contributed by atoms with Crippen molar-refractivity contribution in [3.05, 3.63) is 71.3 Å². The summed E-state index contributed by atoms with van der Waals surface area (Å²) < 4.78 is 0. The Morgan fingerprint density at radius 3 is 2.33 bits per heavy atom. The molecule has 0 aliphatic carbocycles. The van der Waals surface area contributed by atoms with Crippen LogP contribution in [0.15, 0.2) is 48.5 Å². The van der Waals surface area contributed by atoms with Crippen LogP contribution in [0.2, 0.25) is 0 Å². The van der Waals surface area contributed by atoms with Gasteiger partial charge in [0.1, 0.15) is 0 Å². The normalized spacial score (nSPS) is 12.7. The van der Waals surface area contributed by atoms with Crippen LogP contribution in [0.5, 0.6) is 0 Å². The first-order valence-corrected chi connectivity index (χ1v) is 7.86. The Balaban J connectivity index is 1.87. The van der Waals surface area contributed by atoms with E-state index < -0.39 is 0 Å². The minimum absolute atomic E-state index is 0.896. The van der Waals surface area contributed by atoms with Gasteiger partial charge in [-0.3, -0.25) is 0 Å². The molecule has 2 aliphatic rings. The van der Waals surface area contributed by atoms with E-state index in [1.54, 1.807) is 0 Å². The average Bonchev–Trinajstić information content (AvgIpc) is 3.34. The smallest absolute Gasteiger partial charge is 0.0895 e. The Morgan fingerprint density at radius 2 is 1.33 bits per heavy atom. The molecule has 4 heteroatoms. The highest BCUT2D eigenvalue weighted by Crippen LogP contribution is 2.21. The molecule has 5 rings (SSSR count). The molecule has 0 unspecified atom stereocenters. The Bertz CT molecular complexity index is 1160. The van der Waals surface area contributed by atoms with Crippen LogP contribution in [-0.2, 0) is 0 Å². The van der Waals surface area contributed by atoms with Gasteiger partial charge in [-0.25, -0.2) is 9.97 Å². The van der Waals surface area contributed by atoms with Crippen molar-refractivity contribution in [1.29, 1.82) is 0 Å². The first-order chi connectivity index (χ1) is 11.8. The van der Waals surface area contributed by atoms with Gasteiger partial charge in [0.2, 0.25) is 0 Å². The lowest BCUT2D eigenvalue weighted by Gasteiger charge is -1.88. The van der Waals surface area contributed by atoms with Crippen molar-refractivity contribution in [3.63, 3.8) is 0 Å². The standard InChI is InChI=1S/C20H14N4/c1-2-13-4-5-15(21-13)12-16-7-9-18(23-16)20-11-10-19(24-20)17-8-6-14(3-1)22-17/h1-12,21,23H. The molecule has 5 heterocycles. The van der Waals surface area contributed by atoms with E-state index in [0.717, 1.165) is 44.8 Å². The highest BCUT2D eigenvalue weighted by molar-refractivity contribution is 5.84. The maximum Gasteiger partial charge on any atom is 0.0895 e. The number of hydrogen-bond acceptors (Lipinski definition) is 2. The van der Waals surface area contributed by atoms with Crippen LogP contribution in [-0.4, -0.2) is 19.9 Å². The minimum atomic E-state index is 0.896. The van der Waals surface area contributed by atoms with Crippen molar-refractivity contribution >= 4 is 46.4 Å². The Hall–Kier alpha value is -3.40. The predicted octanol–water partition coefficient (Wildman–Crippen LogP) is 4.66. The number of hydrogen-bond donors (Lipinski definition) is 2. The molecule has 0 amide bonds. The molecule has 3 aromatic heterocycles. The fourth-order valence-electron chi connectivity index (χ4n) is 2.94. The number of aromatic amines is 2. The summed E-state index contributed by atoms with van der Waals surface area (Å²) in [5.74, 6) is 0. The Morgan fingerprint density at radius 1 is 0.583 bits per heavy atom. The number of rotatable bonds is 0. The zero-order valence-corrected chi connectivity index (χ0v) is 12.8. The summed E-state index contributed by atoms with van der Waals surface area (Å²) in [5.41, 5.74) is 7.81. The Kier molecular flexibility index (Phi) is 2.76. The summed E-state index contributed by atoms with van der Waals surface area (Å²) >= 11 is 0. The third kappa shape index (κ3) is 2.25. The van der Waals surface area contributed by atoms with Crippen molar-refractivity contribution in [2.24, 2.45) is 0 Å². The molecular weight excluding hydrogens is 296 g/mol. The van der Waals surface area contributed by atoms with Crippen molar-refractivity contribution in [2.75, 3.05) is 0 Å². The number of nitrogens with zero attached hydrogens (tertiary/aromatic N) is 2. The molecule has 8 bridgehead atoms. The summed E-state index contributed by atoms with van der Waals surface area (Å²) in [6, 6.07) is 16.4. The molecule has 0 fully saturated rings. The van der Waals surface area contributed by atoms with Crippen LogP contribution in [0.1, 0.15) is 22.8 Å². The van der Waals surface area contributed by atoms with E-state index in [0.29, 0.717) is 0 Å². The second kappa shape index (κ2) is 5.06. The molecule has 4 nitrogen and oxygen atoms in total. The predicted molar refractivity (Wildman–Crippen MR) is 98.9 cm³/mol. The first-order valence-electron chi connectivity index (χ1n) is 7.86. The molecule has 0 atom stereocenters. The summed E-state index contributed by atoms with van der Waals surface area (Å²) in [6.07, 6.45) is 8.04. The molecule has 0 aromatic carbocycles. The second-order valence-corrected chi connectivity index (χ2v) is 5.84. The highest BCUT2D eigenvalue weighted by atomic mass is 14.8. The van der Waals surface area contributed by atoms with E-state index in [1.807, 2.05) is 42.5 Å². The van der Waals surface area contributed by atoms with Gasteiger partial charge in [-0.05, 0) is 66.8 Å². The fraction of sp³-hybridized carbons (Fsp3) is 0. The maximum atomic E-state index is 4.70. The molecule has 114 valence electrons. The third-order valence-electron chi connectivity index (χ3n) is 4.13. The Labute approximate surface area is 138 Å². The molecule has 2 N–H and O–H groups in total. The lowest BCUT2D eigenvalue weighted by molar-refractivity contribution is 1.23. The maximum absolute atomic E-state index is 4.70. The number of fused-ring (bicyclic) bond motifs is 10. The van der Waals surface area contributed by atoms with Crippen LogP contribution in [0.25, 0.3) is 46.4 Å². The SMILES string of the molecule is C1=Cc2nc1cccc1ccc(cc3ccc([nH]3)c3nc2C=C3)[nH]1. The average molecular weight is 310 g/mol. The van der Waals surface area contributed by atoms with Gasteiger partial charge in [0.25, 0.3) is 0 Å². The van der Waals surface area contributed by atoms with Crippen molar-refractivity contribution in [1.82, 2.24) is 19.9 Å². The quantitative estimate of drug-likeness (QED) is 0.437. The van der Waals surface area contributed by atoms with Gasteiger partial charge >= 0.3 is 0 Å². The number of H-pyrrole nitrogens is 2. The molecule has 24 heavy (non-hydrogen) atoms. The van der Waals surface area contributed by atoms with E-state index in [9.17, 15) is 0 Å². The molecule has 2 aliphatic heterocycles. The van der Waals surface area contributed by atoms with Gasteiger partial charge in [-0.15, -0.1) is 0 Å². The van der Waals surface area contributed by atoms with E-state index in [2.05, 4.69) is 45.3 Å². The van der Waals surface area contributed by atoms with Crippen LogP contribution < -0.4 is 0 Å². The van der Waals surface area contributed by atoms with Crippen molar-refractivity contribution in [3.8, 4) is 0 Å². The second-order valence-electron chi connectivity index (χ2n) is 5.84. The monoisotopic (exact) mass is 310 g/mol. The zero-order valence-electron chi connectivity index (χ0n) is 12.8. The lowest BCUT2D eigenvalue weighted by atomic mass is 10.3. The van der Waals surface area contributed by atoms with Crippen molar-refractivity contribution in [2.45, 2.75) is 0 Å². The third-order valence-corrected chi connectivity index (χ3v) is 4.13. The summed E-state index contributed by atoms with van der Waals surface area (Å²) in [6.45, 7) is 0. The molecule has 0 radical (unpaired) electrons. The molecule has 3 aromatic rings. The fourth-order valence-corrected chi connectivity index (χ4v) is 2.94. The molecule has 0 spiro atoms.